The maximum atomic E-state index is 5.33. The Kier molecular flexibility index (Phi) is 4.06. The third-order valence-corrected chi connectivity index (χ3v) is 3.41. The first kappa shape index (κ1) is 11.0. The van der Waals surface area contributed by atoms with E-state index in [1.807, 2.05) is 0 Å². The summed E-state index contributed by atoms with van der Waals surface area (Å²) in [5.74, 6) is 0. The summed E-state index contributed by atoms with van der Waals surface area (Å²) in [6.07, 6.45) is 2.11. The van der Waals surface area contributed by atoms with Crippen molar-refractivity contribution < 1.29 is 4.74 Å². The Morgan fingerprint density at radius 2 is 1.87 bits per heavy atom. The molecule has 0 atom stereocenters. The molecule has 15 heavy (non-hydrogen) atoms. The van der Waals surface area contributed by atoms with Crippen molar-refractivity contribution >= 4 is 11.8 Å². The number of rotatable bonds is 3. The molecular formula is C12H17NOS. The van der Waals surface area contributed by atoms with Crippen LogP contribution >= 0.6 is 11.8 Å². The number of morpholine rings is 1. The number of hydrogen-bond donors (Lipinski definition) is 0. The van der Waals surface area contributed by atoms with Crippen molar-refractivity contribution in [3.8, 4) is 0 Å². The first-order valence-corrected chi connectivity index (χ1v) is 6.54. The smallest absolute Gasteiger partial charge is 0.0594 e. The lowest BCUT2D eigenvalue weighted by Crippen LogP contribution is -2.35. The van der Waals surface area contributed by atoms with Crippen molar-refractivity contribution in [3.05, 3.63) is 29.8 Å². The largest absolute Gasteiger partial charge is 0.379 e. The fourth-order valence-electron chi connectivity index (χ4n) is 1.75. The predicted octanol–water partition coefficient (Wildman–Crippen LogP) is 2.24. The maximum Gasteiger partial charge on any atom is 0.0594 e. The lowest BCUT2D eigenvalue weighted by Gasteiger charge is -2.26. The fourth-order valence-corrected chi connectivity index (χ4v) is 2.16. The number of ether oxygens (including phenoxy) is 1. The van der Waals surface area contributed by atoms with Gasteiger partial charge in [0.25, 0.3) is 0 Å². The molecule has 0 N–H and O–H groups in total. The van der Waals surface area contributed by atoms with Gasteiger partial charge in [-0.05, 0) is 24.0 Å². The summed E-state index contributed by atoms with van der Waals surface area (Å²) < 4.78 is 5.33. The minimum atomic E-state index is 0.878. The van der Waals surface area contributed by atoms with Gasteiger partial charge < -0.3 is 4.74 Å². The van der Waals surface area contributed by atoms with Crippen LogP contribution in [0.4, 0.5) is 0 Å². The van der Waals surface area contributed by atoms with Crippen LogP contribution in [0.5, 0.6) is 0 Å². The number of nitrogens with zero attached hydrogens (tertiary/aromatic N) is 1. The van der Waals surface area contributed by atoms with E-state index < -0.39 is 0 Å². The molecule has 3 heteroatoms. The summed E-state index contributed by atoms with van der Waals surface area (Å²) in [4.78, 5) is 3.78. The average molecular weight is 223 g/mol. The third-order valence-electron chi connectivity index (χ3n) is 2.67. The molecule has 1 fully saturated rings. The minimum absolute atomic E-state index is 0.878. The molecule has 82 valence electrons. The second kappa shape index (κ2) is 5.54. The van der Waals surface area contributed by atoms with Gasteiger partial charge in [-0.15, -0.1) is 11.8 Å². The Morgan fingerprint density at radius 1 is 1.20 bits per heavy atom. The molecule has 1 saturated heterocycles. The van der Waals surface area contributed by atoms with Crippen LogP contribution in [0.1, 0.15) is 5.56 Å². The van der Waals surface area contributed by atoms with Gasteiger partial charge in [-0.3, -0.25) is 4.90 Å². The molecule has 0 aromatic heterocycles. The zero-order chi connectivity index (χ0) is 10.5. The summed E-state index contributed by atoms with van der Waals surface area (Å²) >= 11 is 1.79. The summed E-state index contributed by atoms with van der Waals surface area (Å²) in [5.41, 5.74) is 1.40. The molecule has 0 saturated carbocycles. The van der Waals surface area contributed by atoms with Crippen molar-refractivity contribution in [2.75, 3.05) is 32.6 Å². The van der Waals surface area contributed by atoms with E-state index >= 15 is 0 Å². The lowest BCUT2D eigenvalue weighted by molar-refractivity contribution is 0.0342. The molecule has 2 nitrogen and oxygen atoms in total. The van der Waals surface area contributed by atoms with E-state index in [0.29, 0.717) is 0 Å². The quantitative estimate of drug-likeness (QED) is 0.729. The summed E-state index contributed by atoms with van der Waals surface area (Å²) in [6, 6.07) is 8.84. The molecule has 1 aromatic carbocycles. The SMILES string of the molecule is CSc1ccc(CN2CCOCC2)cc1. The standard InChI is InChI=1S/C12H17NOS/c1-15-12-4-2-11(3-5-12)10-13-6-8-14-9-7-13/h2-5H,6-10H2,1H3. The minimum Gasteiger partial charge on any atom is -0.379 e. The highest BCUT2D eigenvalue weighted by molar-refractivity contribution is 7.98. The van der Waals surface area contributed by atoms with Crippen LogP contribution in [0.15, 0.2) is 29.2 Å². The van der Waals surface area contributed by atoms with E-state index in [1.165, 1.54) is 10.5 Å². The van der Waals surface area contributed by atoms with Crippen LogP contribution < -0.4 is 0 Å². The van der Waals surface area contributed by atoms with Gasteiger partial charge >= 0.3 is 0 Å². The Balaban J connectivity index is 1.91. The molecule has 2 rings (SSSR count). The van der Waals surface area contributed by atoms with Gasteiger partial charge in [-0.25, -0.2) is 0 Å². The van der Waals surface area contributed by atoms with Gasteiger partial charge in [0.15, 0.2) is 0 Å². The molecule has 0 bridgehead atoms. The molecule has 0 radical (unpaired) electrons. The van der Waals surface area contributed by atoms with Crippen molar-refractivity contribution in [2.45, 2.75) is 11.4 Å². The van der Waals surface area contributed by atoms with E-state index in [9.17, 15) is 0 Å². The van der Waals surface area contributed by atoms with E-state index in [2.05, 4.69) is 35.4 Å². The molecule has 0 amide bonds. The van der Waals surface area contributed by atoms with Crippen molar-refractivity contribution in [3.63, 3.8) is 0 Å². The number of hydrogen-bond acceptors (Lipinski definition) is 3. The normalized spacial score (nSPS) is 17.9. The Hall–Kier alpha value is -0.510. The number of thioether (sulfide) groups is 1. The Bertz CT molecular complexity index is 293. The van der Waals surface area contributed by atoms with Crippen LogP contribution in [0.2, 0.25) is 0 Å². The van der Waals surface area contributed by atoms with Crippen molar-refractivity contribution in [2.24, 2.45) is 0 Å². The second-order valence-electron chi connectivity index (χ2n) is 3.74. The molecule has 1 aliphatic heterocycles. The van der Waals surface area contributed by atoms with Crippen molar-refractivity contribution in [1.29, 1.82) is 0 Å². The lowest BCUT2D eigenvalue weighted by atomic mass is 10.2. The number of benzene rings is 1. The highest BCUT2D eigenvalue weighted by Crippen LogP contribution is 2.16. The van der Waals surface area contributed by atoms with Crippen LogP contribution in [0.3, 0.4) is 0 Å². The maximum absolute atomic E-state index is 5.33. The van der Waals surface area contributed by atoms with E-state index in [1.54, 1.807) is 11.8 Å². The highest BCUT2D eigenvalue weighted by atomic mass is 32.2. The third kappa shape index (κ3) is 3.23. The molecule has 0 aliphatic carbocycles. The monoisotopic (exact) mass is 223 g/mol. The summed E-state index contributed by atoms with van der Waals surface area (Å²) in [6.45, 7) is 4.93. The topological polar surface area (TPSA) is 12.5 Å². The van der Waals surface area contributed by atoms with Crippen LogP contribution in [-0.2, 0) is 11.3 Å². The zero-order valence-corrected chi connectivity index (χ0v) is 9.93. The molecule has 1 aliphatic rings. The average Bonchev–Trinajstić information content (AvgIpc) is 2.31. The summed E-state index contributed by atoms with van der Waals surface area (Å²) in [5, 5.41) is 0. The second-order valence-corrected chi connectivity index (χ2v) is 4.62. The van der Waals surface area contributed by atoms with Crippen LogP contribution in [-0.4, -0.2) is 37.5 Å². The first-order valence-electron chi connectivity index (χ1n) is 5.31. The van der Waals surface area contributed by atoms with Crippen LogP contribution in [0.25, 0.3) is 0 Å². The molecule has 0 spiro atoms. The van der Waals surface area contributed by atoms with E-state index in [4.69, 9.17) is 4.74 Å². The fraction of sp³-hybridized carbons (Fsp3) is 0.500. The Labute approximate surface area is 95.6 Å². The van der Waals surface area contributed by atoms with Gasteiger partial charge in [0, 0.05) is 24.5 Å². The zero-order valence-electron chi connectivity index (χ0n) is 9.11. The first-order chi connectivity index (χ1) is 7.38. The Morgan fingerprint density at radius 3 is 2.47 bits per heavy atom. The summed E-state index contributed by atoms with van der Waals surface area (Å²) in [7, 11) is 0. The van der Waals surface area contributed by atoms with Gasteiger partial charge in [0.2, 0.25) is 0 Å². The highest BCUT2D eigenvalue weighted by Gasteiger charge is 2.10. The van der Waals surface area contributed by atoms with E-state index in [-0.39, 0.29) is 0 Å². The van der Waals surface area contributed by atoms with Gasteiger partial charge in [0.1, 0.15) is 0 Å². The van der Waals surface area contributed by atoms with E-state index in [0.717, 1.165) is 32.8 Å². The molecule has 0 unspecified atom stereocenters. The van der Waals surface area contributed by atoms with Gasteiger partial charge in [-0.1, -0.05) is 12.1 Å². The molecule has 1 heterocycles. The molecular weight excluding hydrogens is 206 g/mol. The predicted molar refractivity (Wildman–Crippen MR) is 64.3 cm³/mol. The van der Waals surface area contributed by atoms with Crippen LogP contribution in [0, 0.1) is 0 Å². The van der Waals surface area contributed by atoms with Crippen molar-refractivity contribution in [1.82, 2.24) is 4.90 Å². The molecule has 1 aromatic rings. The van der Waals surface area contributed by atoms with Gasteiger partial charge in [0.05, 0.1) is 13.2 Å². The van der Waals surface area contributed by atoms with Gasteiger partial charge in [-0.2, -0.15) is 0 Å².